The lowest BCUT2D eigenvalue weighted by atomic mass is 9.81. The van der Waals surface area contributed by atoms with Crippen LogP contribution in [0.2, 0.25) is 5.02 Å². The lowest BCUT2D eigenvalue weighted by molar-refractivity contribution is -0.375. The molecule has 0 radical (unpaired) electrons. The Labute approximate surface area is 172 Å². The van der Waals surface area contributed by atoms with Crippen molar-refractivity contribution in [3.63, 3.8) is 0 Å². The van der Waals surface area contributed by atoms with Gasteiger partial charge in [-0.05, 0) is 23.1 Å². The number of nitrogens with one attached hydrogen (secondary N) is 1. The quantitative estimate of drug-likeness (QED) is 0.429. The van der Waals surface area contributed by atoms with Gasteiger partial charge in [0.25, 0.3) is 11.7 Å². The van der Waals surface area contributed by atoms with Gasteiger partial charge >= 0.3 is 0 Å². The number of nitriles is 1. The number of aromatic nitrogens is 1. The minimum atomic E-state index is -0.237. The van der Waals surface area contributed by atoms with Crippen molar-refractivity contribution in [2.45, 2.75) is 5.92 Å². The SMILES string of the molecule is N#Cc1c(N)[nH+]c2c(c1N)[C@H](c1ccc(Cl)cc1)c1ccc3ccccc3c1O2. The average Bonchev–Trinajstić information content (AvgIpc) is 2.73. The molecule has 29 heavy (non-hydrogen) atoms. The molecule has 0 aliphatic carbocycles. The van der Waals surface area contributed by atoms with Gasteiger partial charge in [-0.3, -0.25) is 5.73 Å². The number of fused-ring (bicyclic) bond motifs is 4. The van der Waals surface area contributed by atoms with Crippen LogP contribution in [0.4, 0.5) is 11.5 Å². The highest BCUT2D eigenvalue weighted by Gasteiger charge is 2.36. The molecule has 0 unspecified atom stereocenters. The molecule has 140 valence electrons. The van der Waals surface area contributed by atoms with E-state index in [1.165, 1.54) is 0 Å². The molecule has 1 aliphatic rings. The molecule has 0 fully saturated rings. The first-order chi connectivity index (χ1) is 14.1. The maximum absolute atomic E-state index is 9.54. The Morgan fingerprint density at radius 1 is 1.00 bits per heavy atom. The second-order valence-electron chi connectivity index (χ2n) is 6.97. The van der Waals surface area contributed by atoms with Gasteiger partial charge in [-0.15, -0.1) is 0 Å². The van der Waals surface area contributed by atoms with Crippen LogP contribution in [0.3, 0.4) is 0 Å². The van der Waals surface area contributed by atoms with Crippen LogP contribution in [0.5, 0.6) is 11.6 Å². The minimum absolute atomic E-state index is 0.183. The van der Waals surface area contributed by atoms with Crippen LogP contribution in [0.15, 0.2) is 60.7 Å². The summed E-state index contributed by atoms with van der Waals surface area (Å²) in [5.74, 6) is 1.14. The lowest BCUT2D eigenvalue weighted by Crippen LogP contribution is -2.25. The molecule has 2 heterocycles. The number of benzene rings is 3. The molecule has 3 aromatic carbocycles. The molecular weight excluding hydrogens is 384 g/mol. The fourth-order valence-corrected chi connectivity index (χ4v) is 4.13. The first-order valence-electron chi connectivity index (χ1n) is 9.07. The third-order valence-corrected chi connectivity index (χ3v) is 5.60. The van der Waals surface area contributed by atoms with Gasteiger partial charge in [0.15, 0.2) is 5.56 Å². The van der Waals surface area contributed by atoms with Crippen LogP contribution in [0.1, 0.15) is 28.2 Å². The van der Waals surface area contributed by atoms with Crippen LogP contribution < -0.4 is 21.2 Å². The zero-order valence-electron chi connectivity index (χ0n) is 15.2. The van der Waals surface area contributed by atoms with E-state index < -0.39 is 0 Å². The fourth-order valence-electron chi connectivity index (χ4n) is 4.00. The zero-order valence-corrected chi connectivity index (χ0v) is 16.0. The van der Waals surface area contributed by atoms with Crippen molar-refractivity contribution in [3.05, 3.63) is 87.9 Å². The zero-order chi connectivity index (χ0) is 20.1. The maximum Gasteiger partial charge on any atom is 0.294 e. The van der Waals surface area contributed by atoms with Crippen molar-refractivity contribution < 1.29 is 9.72 Å². The van der Waals surface area contributed by atoms with Crippen LogP contribution in [0, 0.1) is 11.3 Å². The molecule has 1 aliphatic heterocycles. The average molecular weight is 400 g/mol. The van der Waals surface area contributed by atoms with Crippen molar-refractivity contribution in [3.8, 4) is 17.7 Å². The molecule has 0 spiro atoms. The first-order valence-corrected chi connectivity index (χ1v) is 9.45. The molecule has 5 N–H and O–H groups in total. The molecule has 0 saturated carbocycles. The molecule has 1 aromatic heterocycles. The molecule has 6 heteroatoms. The Balaban J connectivity index is 1.87. The number of rotatable bonds is 1. The molecule has 4 aromatic rings. The van der Waals surface area contributed by atoms with Crippen LogP contribution in [-0.4, -0.2) is 0 Å². The van der Waals surface area contributed by atoms with Crippen LogP contribution in [0.25, 0.3) is 10.8 Å². The normalized spacial score (nSPS) is 14.6. The number of ether oxygens (including phenoxy) is 1. The van der Waals surface area contributed by atoms with E-state index in [9.17, 15) is 5.26 Å². The Hall–Kier alpha value is -3.75. The number of pyridine rings is 1. The first kappa shape index (κ1) is 17.4. The number of hydrogen-bond acceptors (Lipinski definition) is 4. The predicted molar refractivity (Wildman–Crippen MR) is 113 cm³/mol. The molecule has 0 bridgehead atoms. The van der Waals surface area contributed by atoms with Crippen molar-refractivity contribution >= 4 is 33.9 Å². The van der Waals surface area contributed by atoms with Gasteiger partial charge in [-0.25, -0.2) is 4.98 Å². The Morgan fingerprint density at radius 2 is 1.76 bits per heavy atom. The van der Waals surface area contributed by atoms with Gasteiger partial charge < -0.3 is 10.5 Å². The highest BCUT2D eigenvalue weighted by Crippen LogP contribution is 2.51. The van der Waals surface area contributed by atoms with Crippen molar-refractivity contribution in [1.29, 1.82) is 5.26 Å². The predicted octanol–water partition coefficient (Wildman–Crippen LogP) is 4.63. The highest BCUT2D eigenvalue weighted by atomic mass is 35.5. The largest absolute Gasteiger partial charge is 0.422 e. The summed E-state index contributed by atoms with van der Waals surface area (Å²) in [6.45, 7) is 0. The third kappa shape index (κ3) is 2.58. The Morgan fingerprint density at radius 3 is 2.52 bits per heavy atom. The topological polar surface area (TPSA) is 99.2 Å². The summed E-state index contributed by atoms with van der Waals surface area (Å²) in [7, 11) is 0. The number of nitrogens with two attached hydrogens (primary N) is 2. The minimum Gasteiger partial charge on any atom is -0.422 e. The van der Waals surface area contributed by atoms with E-state index in [1.54, 1.807) is 0 Å². The summed E-state index contributed by atoms with van der Waals surface area (Å²) in [4.78, 5) is 3.03. The summed E-state index contributed by atoms with van der Waals surface area (Å²) in [5, 5.41) is 12.2. The van der Waals surface area contributed by atoms with Gasteiger partial charge in [-0.1, -0.05) is 60.1 Å². The lowest BCUT2D eigenvalue weighted by Gasteiger charge is -2.29. The summed E-state index contributed by atoms with van der Waals surface area (Å²) < 4.78 is 6.28. The van der Waals surface area contributed by atoms with Gasteiger partial charge in [0.1, 0.15) is 11.8 Å². The Kier molecular flexibility index (Phi) is 3.83. The van der Waals surface area contributed by atoms with Crippen LogP contribution in [-0.2, 0) is 0 Å². The van der Waals surface area contributed by atoms with Crippen molar-refractivity contribution in [2.75, 3.05) is 11.5 Å². The van der Waals surface area contributed by atoms with E-state index >= 15 is 0 Å². The number of halogens is 1. The highest BCUT2D eigenvalue weighted by molar-refractivity contribution is 6.30. The van der Waals surface area contributed by atoms with Gasteiger partial charge in [-0.2, -0.15) is 5.26 Å². The number of nitrogens with zero attached hydrogens (tertiary/aromatic N) is 1. The van der Waals surface area contributed by atoms with Gasteiger partial charge in [0.05, 0.1) is 11.3 Å². The second-order valence-corrected chi connectivity index (χ2v) is 7.41. The second kappa shape index (κ2) is 6.40. The number of hydrogen-bond donors (Lipinski definition) is 2. The monoisotopic (exact) mass is 399 g/mol. The van der Waals surface area contributed by atoms with E-state index in [4.69, 9.17) is 27.8 Å². The van der Waals surface area contributed by atoms with Crippen molar-refractivity contribution in [2.24, 2.45) is 0 Å². The fraction of sp³-hybridized carbons (Fsp3) is 0.0435. The number of aromatic amines is 1. The third-order valence-electron chi connectivity index (χ3n) is 5.35. The van der Waals surface area contributed by atoms with Gasteiger partial charge in [0, 0.05) is 21.9 Å². The molecule has 5 rings (SSSR count). The number of anilines is 2. The summed E-state index contributed by atoms with van der Waals surface area (Å²) in [5.41, 5.74) is 15.6. The van der Waals surface area contributed by atoms with E-state index in [0.29, 0.717) is 22.2 Å². The maximum atomic E-state index is 9.54. The molecule has 0 amide bonds. The smallest absolute Gasteiger partial charge is 0.294 e. The molecular formula is C23H16ClN4O+. The van der Waals surface area contributed by atoms with Crippen LogP contribution >= 0.6 is 11.6 Å². The summed E-state index contributed by atoms with van der Waals surface area (Å²) in [6.07, 6.45) is 0. The van der Waals surface area contributed by atoms with E-state index in [0.717, 1.165) is 27.6 Å². The molecule has 0 saturated heterocycles. The van der Waals surface area contributed by atoms with E-state index in [1.807, 2.05) is 54.6 Å². The number of nitrogen functional groups attached to an aromatic ring is 2. The van der Waals surface area contributed by atoms with E-state index in [2.05, 4.69) is 17.1 Å². The van der Waals surface area contributed by atoms with E-state index in [-0.39, 0.29) is 17.3 Å². The summed E-state index contributed by atoms with van der Waals surface area (Å²) >= 11 is 6.11. The number of H-pyrrole nitrogens is 1. The molecule has 1 atom stereocenters. The standard InChI is InChI=1S/C23H15ClN4O/c24-14-8-5-13(6-9-14)18-16-10-7-12-3-1-2-4-15(12)21(16)29-23-19(18)20(26)17(11-25)22(27)28-23/h1-10,18H,(H4,26,27,28)/p+1/t18-/m1/s1. The van der Waals surface area contributed by atoms with Gasteiger partial charge in [0.2, 0.25) is 0 Å². The van der Waals surface area contributed by atoms with Crippen molar-refractivity contribution in [1.82, 2.24) is 0 Å². The molecule has 5 nitrogen and oxygen atoms in total. The Bertz CT molecular complexity index is 1330. The summed E-state index contributed by atoms with van der Waals surface area (Å²) in [6, 6.07) is 21.8.